The number of hydrogen-bond donors (Lipinski definition) is 2. The molecule has 0 bridgehead atoms. The Morgan fingerprint density at radius 3 is 1.56 bits per heavy atom. The monoisotopic (exact) mass is 508 g/mol. The molecule has 2 aromatic heterocycles. The van der Waals surface area contributed by atoms with Gasteiger partial charge in [-0.1, -0.05) is 23.2 Å². The third-order valence-corrected chi connectivity index (χ3v) is 8.09. The molecule has 4 aromatic rings. The van der Waals surface area contributed by atoms with Gasteiger partial charge < -0.3 is 20.1 Å². The minimum absolute atomic E-state index is 0.245. The van der Waals surface area contributed by atoms with Gasteiger partial charge in [-0.3, -0.25) is 9.59 Å². The molecule has 2 aromatic carbocycles. The quantitative estimate of drug-likeness (QED) is 0.318. The third-order valence-electron chi connectivity index (χ3n) is 4.78. The van der Waals surface area contributed by atoms with E-state index >= 15 is 0 Å². The summed E-state index contributed by atoms with van der Waals surface area (Å²) in [6.45, 7) is 0.490. The first-order chi connectivity index (χ1) is 15.4. The lowest BCUT2D eigenvalue weighted by atomic mass is 10.2. The number of rotatable bonds is 7. The molecule has 0 aliphatic heterocycles. The number of carbonyl (C=O) groups is 2. The van der Waals surface area contributed by atoms with E-state index in [1.807, 2.05) is 24.3 Å². The van der Waals surface area contributed by atoms with Crippen LogP contribution in [0.25, 0.3) is 20.2 Å². The number of ether oxygens (including phenoxy) is 2. The Kier molecular flexibility index (Phi) is 6.76. The van der Waals surface area contributed by atoms with Crippen LogP contribution in [0.3, 0.4) is 0 Å². The summed E-state index contributed by atoms with van der Waals surface area (Å²) < 4.78 is 12.2. The number of methoxy groups -OCH3 is 2. The maximum absolute atomic E-state index is 12.6. The number of amides is 2. The topological polar surface area (TPSA) is 76.7 Å². The van der Waals surface area contributed by atoms with Gasteiger partial charge in [0.1, 0.15) is 21.3 Å². The van der Waals surface area contributed by atoms with Crippen molar-refractivity contribution < 1.29 is 19.1 Å². The lowest BCUT2D eigenvalue weighted by Crippen LogP contribution is -2.34. The van der Waals surface area contributed by atoms with E-state index in [1.165, 1.54) is 22.7 Å². The van der Waals surface area contributed by atoms with Crippen LogP contribution in [0.15, 0.2) is 36.4 Å². The number of nitrogens with one attached hydrogen (secondary N) is 2. The van der Waals surface area contributed by atoms with Crippen LogP contribution in [0.5, 0.6) is 11.5 Å². The van der Waals surface area contributed by atoms with Gasteiger partial charge in [-0.2, -0.15) is 0 Å². The largest absolute Gasteiger partial charge is 0.497 e. The number of hydrogen-bond acceptors (Lipinski definition) is 6. The van der Waals surface area contributed by atoms with E-state index in [-0.39, 0.29) is 24.9 Å². The van der Waals surface area contributed by atoms with Gasteiger partial charge >= 0.3 is 0 Å². The zero-order valence-corrected chi connectivity index (χ0v) is 20.2. The van der Waals surface area contributed by atoms with Gasteiger partial charge in [0.2, 0.25) is 0 Å². The Morgan fingerprint density at radius 1 is 0.781 bits per heavy atom. The summed E-state index contributed by atoms with van der Waals surface area (Å²) in [5, 5.41) is 7.98. The first-order valence-electron chi connectivity index (χ1n) is 9.51. The van der Waals surface area contributed by atoms with E-state index in [4.69, 9.17) is 32.7 Å². The molecule has 0 saturated heterocycles. The van der Waals surface area contributed by atoms with E-state index in [2.05, 4.69) is 10.6 Å². The van der Waals surface area contributed by atoms with Crippen LogP contribution in [-0.4, -0.2) is 39.1 Å². The SMILES string of the molecule is COc1ccc2c(Cl)c(C(=O)NCCNC(=O)c3sc4cc(OC)ccc4c3Cl)sc2c1. The fraction of sp³-hybridized carbons (Fsp3) is 0.182. The summed E-state index contributed by atoms with van der Waals surface area (Å²) in [7, 11) is 3.17. The molecular weight excluding hydrogens is 491 g/mol. The molecule has 0 aliphatic rings. The highest BCUT2D eigenvalue weighted by atomic mass is 35.5. The molecule has 0 atom stereocenters. The zero-order valence-electron chi connectivity index (χ0n) is 17.1. The molecule has 0 spiro atoms. The smallest absolute Gasteiger partial charge is 0.262 e. The van der Waals surface area contributed by atoms with Crippen molar-refractivity contribution in [2.75, 3.05) is 27.3 Å². The van der Waals surface area contributed by atoms with Crippen molar-refractivity contribution in [3.8, 4) is 11.5 Å². The van der Waals surface area contributed by atoms with Gasteiger partial charge in [0.05, 0.1) is 24.3 Å². The van der Waals surface area contributed by atoms with Gasteiger partial charge in [-0.05, 0) is 36.4 Å². The standard InChI is InChI=1S/C22H18Cl2N2O4S2/c1-29-11-3-5-13-15(9-11)31-19(17(13)23)21(27)25-7-8-26-22(28)20-18(24)14-6-4-12(30-2)10-16(14)32-20/h3-6,9-10H,7-8H2,1-2H3,(H,25,27)(H,26,28). The summed E-state index contributed by atoms with van der Waals surface area (Å²) in [5.41, 5.74) is 0. The van der Waals surface area contributed by atoms with E-state index in [0.717, 1.165) is 20.2 Å². The van der Waals surface area contributed by atoms with Crippen molar-refractivity contribution in [2.45, 2.75) is 0 Å². The van der Waals surface area contributed by atoms with Crippen LogP contribution in [-0.2, 0) is 0 Å². The zero-order chi connectivity index (χ0) is 22.8. The molecule has 0 saturated carbocycles. The highest BCUT2D eigenvalue weighted by Crippen LogP contribution is 2.38. The maximum Gasteiger partial charge on any atom is 0.262 e. The minimum atomic E-state index is -0.295. The van der Waals surface area contributed by atoms with Crippen LogP contribution in [0.1, 0.15) is 19.3 Å². The molecule has 0 radical (unpaired) electrons. The molecule has 0 unspecified atom stereocenters. The van der Waals surface area contributed by atoms with Gasteiger partial charge in [-0.25, -0.2) is 0 Å². The molecule has 166 valence electrons. The molecule has 6 nitrogen and oxygen atoms in total. The predicted octanol–water partition coefficient (Wildman–Crippen LogP) is 5.60. The molecule has 2 N–H and O–H groups in total. The van der Waals surface area contributed by atoms with Gasteiger partial charge in [0.15, 0.2) is 0 Å². The molecule has 2 amide bonds. The number of carbonyl (C=O) groups excluding carboxylic acids is 2. The second-order valence-corrected chi connectivity index (χ2v) is 9.59. The lowest BCUT2D eigenvalue weighted by Gasteiger charge is -2.06. The van der Waals surface area contributed by atoms with Crippen LogP contribution >= 0.6 is 45.9 Å². The van der Waals surface area contributed by atoms with Crippen LogP contribution in [0.2, 0.25) is 10.0 Å². The second kappa shape index (κ2) is 9.54. The first-order valence-corrected chi connectivity index (χ1v) is 11.9. The van der Waals surface area contributed by atoms with Crippen LogP contribution in [0, 0.1) is 0 Å². The van der Waals surface area contributed by atoms with Gasteiger partial charge in [-0.15, -0.1) is 22.7 Å². The highest BCUT2D eigenvalue weighted by molar-refractivity contribution is 7.22. The van der Waals surface area contributed by atoms with E-state index in [0.29, 0.717) is 31.3 Å². The van der Waals surface area contributed by atoms with Gasteiger partial charge in [0.25, 0.3) is 11.8 Å². The molecule has 0 fully saturated rings. The second-order valence-electron chi connectivity index (χ2n) is 6.73. The maximum atomic E-state index is 12.6. The predicted molar refractivity (Wildman–Crippen MR) is 131 cm³/mol. The van der Waals surface area contributed by atoms with Crippen LogP contribution < -0.4 is 20.1 Å². The fourth-order valence-corrected chi connectivity index (χ4v) is 6.07. The van der Waals surface area contributed by atoms with Crippen molar-refractivity contribution in [1.82, 2.24) is 10.6 Å². The van der Waals surface area contributed by atoms with E-state index in [1.54, 1.807) is 26.4 Å². The number of fused-ring (bicyclic) bond motifs is 2. The Morgan fingerprint density at radius 2 is 1.19 bits per heavy atom. The molecule has 2 heterocycles. The van der Waals surface area contributed by atoms with Crippen molar-refractivity contribution in [2.24, 2.45) is 0 Å². The van der Waals surface area contributed by atoms with Crippen molar-refractivity contribution >= 4 is 77.9 Å². The van der Waals surface area contributed by atoms with E-state index in [9.17, 15) is 9.59 Å². The molecule has 10 heteroatoms. The Bertz CT molecular complexity index is 1230. The highest BCUT2D eigenvalue weighted by Gasteiger charge is 2.19. The Hall–Kier alpha value is -2.52. The van der Waals surface area contributed by atoms with Crippen LogP contribution in [0.4, 0.5) is 0 Å². The first kappa shape index (κ1) is 22.7. The summed E-state index contributed by atoms with van der Waals surface area (Å²) in [6, 6.07) is 10.9. The number of thiophene rings is 2. The van der Waals surface area contributed by atoms with Crippen molar-refractivity contribution in [3.63, 3.8) is 0 Å². The van der Waals surface area contributed by atoms with Gasteiger partial charge in [0, 0.05) is 33.3 Å². The number of halogens is 2. The normalized spacial score (nSPS) is 11.0. The van der Waals surface area contributed by atoms with E-state index < -0.39 is 0 Å². The molecular formula is C22H18Cl2N2O4S2. The van der Waals surface area contributed by atoms with Crippen molar-refractivity contribution in [3.05, 3.63) is 56.2 Å². The Balaban J connectivity index is 1.37. The Labute approximate surface area is 202 Å². The van der Waals surface area contributed by atoms with Crippen molar-refractivity contribution in [1.29, 1.82) is 0 Å². The average molecular weight is 509 g/mol. The summed E-state index contributed by atoms with van der Waals surface area (Å²) in [6.07, 6.45) is 0. The summed E-state index contributed by atoms with van der Waals surface area (Å²) >= 11 is 15.4. The lowest BCUT2D eigenvalue weighted by molar-refractivity contribution is 0.0932. The summed E-state index contributed by atoms with van der Waals surface area (Å²) in [5.74, 6) is 0.805. The molecule has 0 aliphatic carbocycles. The molecule has 32 heavy (non-hydrogen) atoms. The molecule has 4 rings (SSSR count). The summed E-state index contributed by atoms with van der Waals surface area (Å²) in [4.78, 5) is 26.0. The number of benzene rings is 2. The minimum Gasteiger partial charge on any atom is -0.497 e. The average Bonchev–Trinajstić information content (AvgIpc) is 3.32. The third kappa shape index (κ3) is 4.36. The fourth-order valence-electron chi connectivity index (χ4n) is 3.15.